The number of ether oxygens (including phenoxy) is 1. The van der Waals surface area contributed by atoms with Gasteiger partial charge in [-0.1, -0.05) is 31.5 Å². The number of carbonyl (C=O) groups excluding carboxylic acids is 3. The van der Waals surface area contributed by atoms with Gasteiger partial charge in [-0.3, -0.25) is 14.4 Å². The number of nitrogens with one attached hydrogen (secondary N) is 1. The average Bonchev–Trinajstić information content (AvgIpc) is 2.83. The molecule has 0 spiro atoms. The van der Waals surface area contributed by atoms with Crippen molar-refractivity contribution in [2.75, 3.05) is 45.3 Å². The molecule has 1 N–H and O–H groups in total. The van der Waals surface area contributed by atoms with E-state index in [0.717, 1.165) is 25.1 Å². The Labute approximate surface area is 196 Å². The van der Waals surface area contributed by atoms with Crippen LogP contribution in [0.3, 0.4) is 0 Å². The summed E-state index contributed by atoms with van der Waals surface area (Å²) in [7, 11) is 1.86. The molecule has 1 unspecified atom stereocenters. The van der Waals surface area contributed by atoms with Gasteiger partial charge in [0.25, 0.3) is 5.91 Å². The van der Waals surface area contributed by atoms with Gasteiger partial charge in [0.05, 0.1) is 0 Å². The van der Waals surface area contributed by atoms with Gasteiger partial charge >= 0.3 is 0 Å². The molecule has 0 radical (unpaired) electrons. The molecule has 1 atom stereocenters. The van der Waals surface area contributed by atoms with E-state index in [-0.39, 0.29) is 30.2 Å². The molecule has 178 valence electrons. The van der Waals surface area contributed by atoms with E-state index in [1.165, 1.54) is 0 Å². The number of hydrogen-bond donors (Lipinski definition) is 1. The maximum absolute atomic E-state index is 13.1. The van der Waals surface area contributed by atoms with Gasteiger partial charge in [-0.05, 0) is 49.8 Å². The lowest BCUT2D eigenvalue weighted by molar-refractivity contribution is -0.142. The fourth-order valence-corrected chi connectivity index (χ4v) is 4.25. The van der Waals surface area contributed by atoms with Gasteiger partial charge in [0, 0.05) is 32.6 Å². The zero-order valence-corrected chi connectivity index (χ0v) is 20.4. The first-order chi connectivity index (χ1) is 15.5. The van der Waals surface area contributed by atoms with Crippen molar-refractivity contribution in [3.05, 3.63) is 30.3 Å². The molecule has 0 bridgehead atoms. The molecular weight excluding hydrogens is 426 g/mol. The van der Waals surface area contributed by atoms with Crippen LogP contribution in [0.4, 0.5) is 0 Å². The number of likely N-dealkylation sites (tertiary alicyclic amines) is 1. The van der Waals surface area contributed by atoms with Crippen LogP contribution >= 0.6 is 11.8 Å². The van der Waals surface area contributed by atoms with Crippen LogP contribution in [-0.4, -0.2) is 78.9 Å². The van der Waals surface area contributed by atoms with Gasteiger partial charge in [0.2, 0.25) is 11.8 Å². The van der Waals surface area contributed by atoms with Gasteiger partial charge in [-0.25, -0.2) is 0 Å². The normalized spacial score (nSPS) is 15.2. The van der Waals surface area contributed by atoms with Crippen molar-refractivity contribution in [1.29, 1.82) is 0 Å². The molecule has 1 fully saturated rings. The van der Waals surface area contributed by atoms with Crippen LogP contribution in [0.15, 0.2) is 30.3 Å². The molecule has 0 aliphatic carbocycles. The third-order valence-corrected chi connectivity index (χ3v) is 6.38. The highest BCUT2D eigenvalue weighted by Crippen LogP contribution is 2.21. The number of amides is 3. The number of benzene rings is 1. The Morgan fingerprint density at radius 2 is 1.91 bits per heavy atom. The number of piperidine rings is 1. The van der Waals surface area contributed by atoms with Crippen LogP contribution in [0, 0.1) is 5.92 Å². The van der Waals surface area contributed by atoms with E-state index in [2.05, 4.69) is 12.2 Å². The molecule has 8 heteroatoms. The second-order valence-electron chi connectivity index (χ2n) is 8.22. The molecule has 7 nitrogen and oxygen atoms in total. The summed E-state index contributed by atoms with van der Waals surface area (Å²) in [4.78, 5) is 41.8. The predicted molar refractivity (Wildman–Crippen MR) is 129 cm³/mol. The molecule has 3 amide bonds. The minimum atomic E-state index is -0.575. The Hall–Kier alpha value is -2.22. The van der Waals surface area contributed by atoms with E-state index in [1.807, 2.05) is 36.4 Å². The van der Waals surface area contributed by atoms with E-state index < -0.39 is 6.04 Å². The number of para-hydroxylation sites is 1. The second-order valence-corrected chi connectivity index (χ2v) is 9.20. The van der Waals surface area contributed by atoms with Crippen molar-refractivity contribution in [1.82, 2.24) is 15.1 Å². The first kappa shape index (κ1) is 26.0. The van der Waals surface area contributed by atoms with Gasteiger partial charge < -0.3 is 19.9 Å². The largest absolute Gasteiger partial charge is 0.484 e. The standard InChI is InChI=1S/C24H37N3O4S/c1-4-5-14-26(2)23(29)19-11-15-27(16-12-19)24(30)21(13-17-32-3)25-22(28)18-31-20-9-7-6-8-10-20/h6-10,19,21H,4-5,11-18H2,1-3H3,(H,25,28). The fourth-order valence-electron chi connectivity index (χ4n) is 3.78. The number of thioether (sulfide) groups is 1. The maximum Gasteiger partial charge on any atom is 0.258 e. The van der Waals surface area contributed by atoms with Crippen molar-refractivity contribution in [3.63, 3.8) is 0 Å². The van der Waals surface area contributed by atoms with Crippen LogP contribution in [0.5, 0.6) is 5.75 Å². The molecule has 1 heterocycles. The molecule has 32 heavy (non-hydrogen) atoms. The molecule has 1 aliphatic rings. The minimum absolute atomic E-state index is 0.0283. The smallest absolute Gasteiger partial charge is 0.258 e. The topological polar surface area (TPSA) is 79.0 Å². The van der Waals surface area contributed by atoms with Crippen LogP contribution in [0.1, 0.15) is 39.0 Å². The predicted octanol–water partition coefficient (Wildman–Crippen LogP) is 2.80. The zero-order valence-electron chi connectivity index (χ0n) is 19.5. The summed E-state index contributed by atoms with van der Waals surface area (Å²) in [6.07, 6.45) is 5.95. The Morgan fingerprint density at radius 1 is 1.22 bits per heavy atom. The number of nitrogens with zero attached hydrogens (tertiary/aromatic N) is 2. The summed E-state index contributed by atoms with van der Waals surface area (Å²) in [5.74, 6) is 1.15. The number of carbonyl (C=O) groups is 3. The number of rotatable bonds is 12. The second kappa shape index (κ2) is 14.0. The fraction of sp³-hybridized carbons (Fsp3) is 0.625. The van der Waals surface area contributed by atoms with Crippen molar-refractivity contribution in [2.24, 2.45) is 5.92 Å². The Balaban J connectivity index is 1.86. The highest BCUT2D eigenvalue weighted by atomic mass is 32.2. The molecule has 1 aromatic rings. The third kappa shape index (κ3) is 8.37. The van der Waals surface area contributed by atoms with E-state index in [1.54, 1.807) is 28.8 Å². The van der Waals surface area contributed by atoms with E-state index in [9.17, 15) is 14.4 Å². The van der Waals surface area contributed by atoms with Crippen molar-refractivity contribution in [3.8, 4) is 5.75 Å². The average molecular weight is 464 g/mol. The Bertz CT molecular complexity index is 723. The summed E-state index contributed by atoms with van der Waals surface area (Å²) < 4.78 is 5.50. The maximum atomic E-state index is 13.1. The first-order valence-corrected chi connectivity index (χ1v) is 12.9. The van der Waals surface area contributed by atoms with E-state index >= 15 is 0 Å². The van der Waals surface area contributed by atoms with Crippen LogP contribution in [-0.2, 0) is 14.4 Å². The van der Waals surface area contributed by atoms with Crippen LogP contribution in [0.25, 0.3) is 0 Å². The van der Waals surface area contributed by atoms with Gasteiger partial charge in [-0.2, -0.15) is 11.8 Å². The Morgan fingerprint density at radius 3 is 2.53 bits per heavy atom. The minimum Gasteiger partial charge on any atom is -0.484 e. The molecule has 0 saturated carbocycles. The summed E-state index contributed by atoms with van der Waals surface area (Å²) in [6.45, 7) is 3.85. The lowest BCUT2D eigenvalue weighted by Gasteiger charge is -2.35. The summed E-state index contributed by atoms with van der Waals surface area (Å²) in [5, 5.41) is 2.85. The summed E-state index contributed by atoms with van der Waals surface area (Å²) in [5.41, 5.74) is 0. The number of unbranched alkanes of at least 4 members (excludes halogenated alkanes) is 1. The summed E-state index contributed by atoms with van der Waals surface area (Å²) in [6, 6.07) is 8.56. The molecule has 0 aromatic heterocycles. The third-order valence-electron chi connectivity index (χ3n) is 5.74. The zero-order chi connectivity index (χ0) is 23.3. The van der Waals surface area contributed by atoms with Crippen molar-refractivity contribution >= 4 is 29.5 Å². The molecule has 1 aliphatic heterocycles. The Kier molecular flexibility index (Phi) is 11.4. The molecule has 1 aromatic carbocycles. The number of hydrogen-bond acceptors (Lipinski definition) is 5. The molecular formula is C24H37N3O4S. The quantitative estimate of drug-likeness (QED) is 0.516. The van der Waals surface area contributed by atoms with Crippen molar-refractivity contribution < 1.29 is 19.1 Å². The highest BCUT2D eigenvalue weighted by molar-refractivity contribution is 7.98. The van der Waals surface area contributed by atoms with Crippen LogP contribution < -0.4 is 10.1 Å². The van der Waals surface area contributed by atoms with Crippen molar-refractivity contribution in [2.45, 2.75) is 45.1 Å². The lowest BCUT2D eigenvalue weighted by Crippen LogP contribution is -2.52. The lowest BCUT2D eigenvalue weighted by atomic mass is 9.94. The van der Waals surface area contributed by atoms with Gasteiger partial charge in [-0.15, -0.1) is 0 Å². The summed E-state index contributed by atoms with van der Waals surface area (Å²) >= 11 is 1.64. The highest BCUT2D eigenvalue weighted by Gasteiger charge is 2.32. The monoisotopic (exact) mass is 463 g/mol. The van der Waals surface area contributed by atoms with Crippen LogP contribution in [0.2, 0.25) is 0 Å². The molecule has 2 rings (SSSR count). The van der Waals surface area contributed by atoms with Gasteiger partial charge in [0.15, 0.2) is 6.61 Å². The van der Waals surface area contributed by atoms with E-state index in [4.69, 9.17) is 4.74 Å². The first-order valence-electron chi connectivity index (χ1n) is 11.5. The molecule has 1 saturated heterocycles. The van der Waals surface area contributed by atoms with Gasteiger partial charge in [0.1, 0.15) is 11.8 Å². The van der Waals surface area contributed by atoms with E-state index in [0.29, 0.717) is 38.1 Å². The SMILES string of the molecule is CCCCN(C)C(=O)C1CCN(C(=O)C(CCSC)NC(=O)COc2ccccc2)CC1.